The summed E-state index contributed by atoms with van der Waals surface area (Å²) in [5.74, 6) is 1.07. The number of aromatic nitrogens is 1. The highest BCUT2D eigenvalue weighted by Gasteiger charge is 2.17. The van der Waals surface area contributed by atoms with Crippen molar-refractivity contribution in [2.75, 3.05) is 18.0 Å². The monoisotopic (exact) mass is 371 g/mol. The normalized spacial score (nSPS) is 17.2. The van der Waals surface area contributed by atoms with Gasteiger partial charge in [-0.1, -0.05) is 49.3 Å². The van der Waals surface area contributed by atoms with Crippen LogP contribution in [0.3, 0.4) is 0 Å². The van der Waals surface area contributed by atoms with Crippen molar-refractivity contribution in [3.8, 4) is 0 Å². The van der Waals surface area contributed by atoms with Crippen LogP contribution >= 0.6 is 0 Å². The van der Waals surface area contributed by atoms with E-state index in [9.17, 15) is 4.79 Å². The van der Waals surface area contributed by atoms with E-state index in [-0.39, 0.29) is 5.78 Å². The fraction of sp³-hybridized carbons (Fsp3) is 0.320. The molecular weight excluding hydrogens is 344 g/mol. The van der Waals surface area contributed by atoms with Gasteiger partial charge in [0, 0.05) is 29.6 Å². The Bertz CT molecular complexity index is 962. The van der Waals surface area contributed by atoms with E-state index in [1.807, 2.05) is 30.4 Å². The molecule has 1 aliphatic heterocycles. The largest absolute Gasteiger partial charge is 0.356 e. The number of pyridine rings is 1. The number of fused-ring (bicyclic) bond motifs is 1. The van der Waals surface area contributed by atoms with Crippen LogP contribution in [0.15, 0.2) is 59.7 Å². The number of hydrogen-bond donors (Lipinski definition) is 0. The summed E-state index contributed by atoms with van der Waals surface area (Å²) in [6.07, 6.45) is 15.3. The lowest BCUT2D eigenvalue weighted by Crippen LogP contribution is -2.20. The summed E-state index contributed by atoms with van der Waals surface area (Å²) in [4.78, 5) is 20.0. The van der Waals surface area contributed by atoms with Crippen LogP contribution < -0.4 is 4.90 Å². The molecule has 1 saturated heterocycles. The molecule has 28 heavy (non-hydrogen) atoms. The summed E-state index contributed by atoms with van der Waals surface area (Å²) < 4.78 is 0. The van der Waals surface area contributed by atoms with Crippen LogP contribution in [0.5, 0.6) is 0 Å². The van der Waals surface area contributed by atoms with Gasteiger partial charge in [-0.05, 0) is 56.4 Å². The molecule has 3 heteroatoms. The number of anilines is 1. The molecule has 1 aliphatic carbocycles. The average molecular weight is 372 g/mol. The van der Waals surface area contributed by atoms with E-state index in [0.717, 1.165) is 60.2 Å². The molecule has 143 valence electrons. The number of carbonyl (C=O) groups excluding carboxylic acids is 1. The lowest BCUT2D eigenvalue weighted by Gasteiger charge is -2.19. The van der Waals surface area contributed by atoms with E-state index in [0.29, 0.717) is 0 Å². The molecule has 0 unspecified atom stereocenters. The zero-order valence-corrected chi connectivity index (χ0v) is 16.5. The molecule has 3 nitrogen and oxygen atoms in total. The van der Waals surface area contributed by atoms with Gasteiger partial charge in [-0.2, -0.15) is 0 Å². The molecular formula is C25H27N2O. The first-order valence-corrected chi connectivity index (χ1v) is 10.4. The Balaban J connectivity index is 1.63. The Morgan fingerprint density at radius 2 is 2.04 bits per heavy atom. The van der Waals surface area contributed by atoms with Crippen molar-refractivity contribution in [3.05, 3.63) is 71.7 Å². The topological polar surface area (TPSA) is 33.2 Å². The van der Waals surface area contributed by atoms with E-state index >= 15 is 0 Å². The minimum atomic E-state index is 0.0715. The molecule has 2 aromatic rings. The smallest absolute Gasteiger partial charge is 0.185 e. The third-order valence-electron chi connectivity index (χ3n) is 5.43. The summed E-state index contributed by atoms with van der Waals surface area (Å²) in [7, 11) is 0. The van der Waals surface area contributed by atoms with Crippen molar-refractivity contribution < 1.29 is 4.79 Å². The predicted molar refractivity (Wildman–Crippen MR) is 117 cm³/mol. The Hall–Kier alpha value is -2.68. The maximum atomic E-state index is 12.8. The molecule has 2 heterocycles. The highest BCUT2D eigenvalue weighted by atomic mass is 16.1. The van der Waals surface area contributed by atoms with Crippen molar-refractivity contribution in [2.45, 2.75) is 39.0 Å². The Morgan fingerprint density at radius 3 is 2.86 bits per heavy atom. The maximum absolute atomic E-state index is 12.8. The number of ketones is 1. The summed E-state index contributed by atoms with van der Waals surface area (Å²) >= 11 is 0. The van der Waals surface area contributed by atoms with Crippen LogP contribution in [0, 0.1) is 6.42 Å². The number of rotatable bonds is 6. The first-order valence-electron chi connectivity index (χ1n) is 10.4. The number of benzene rings is 1. The summed E-state index contributed by atoms with van der Waals surface area (Å²) in [6, 6.07) is 10.3. The van der Waals surface area contributed by atoms with Gasteiger partial charge in [0.1, 0.15) is 5.82 Å². The Morgan fingerprint density at radius 1 is 1.21 bits per heavy atom. The number of carbonyl (C=O) groups is 1. The van der Waals surface area contributed by atoms with Crippen molar-refractivity contribution in [1.29, 1.82) is 0 Å². The second-order valence-electron chi connectivity index (χ2n) is 7.55. The number of nitrogens with zero attached hydrogens (tertiary/aromatic N) is 2. The van der Waals surface area contributed by atoms with Gasteiger partial charge in [0.25, 0.3) is 0 Å². The van der Waals surface area contributed by atoms with Gasteiger partial charge in [0.2, 0.25) is 0 Å². The number of allylic oxidation sites excluding steroid dienone is 5. The lowest BCUT2D eigenvalue weighted by atomic mass is 9.94. The number of hydrogen-bond acceptors (Lipinski definition) is 3. The van der Waals surface area contributed by atoms with Gasteiger partial charge in [0.15, 0.2) is 5.78 Å². The van der Waals surface area contributed by atoms with Crippen LogP contribution in [-0.4, -0.2) is 23.9 Å². The molecule has 0 amide bonds. The summed E-state index contributed by atoms with van der Waals surface area (Å²) in [6.45, 7) is 4.23. The molecule has 1 radical (unpaired) electrons. The molecule has 1 aromatic heterocycles. The minimum absolute atomic E-state index is 0.0715. The molecule has 4 rings (SSSR count). The summed E-state index contributed by atoms with van der Waals surface area (Å²) in [5.41, 5.74) is 4.10. The SMILES string of the molecule is CCCC1=CC(C(=O)C=Cc2cc3ccccc3nc2N2CCCC2)=CC[CH]1. The third kappa shape index (κ3) is 4.09. The quantitative estimate of drug-likeness (QED) is 0.613. The molecule has 0 atom stereocenters. The van der Waals surface area contributed by atoms with Crippen LogP contribution in [0.4, 0.5) is 5.82 Å². The van der Waals surface area contributed by atoms with Gasteiger partial charge in [-0.15, -0.1) is 0 Å². The Labute approximate surface area is 167 Å². The van der Waals surface area contributed by atoms with Crippen molar-refractivity contribution in [3.63, 3.8) is 0 Å². The first kappa shape index (κ1) is 18.7. The van der Waals surface area contributed by atoms with Crippen molar-refractivity contribution in [1.82, 2.24) is 4.98 Å². The van der Waals surface area contributed by atoms with E-state index in [1.54, 1.807) is 6.08 Å². The van der Waals surface area contributed by atoms with Gasteiger partial charge >= 0.3 is 0 Å². The minimum Gasteiger partial charge on any atom is -0.356 e. The zero-order valence-electron chi connectivity index (χ0n) is 16.5. The van der Waals surface area contributed by atoms with Crippen LogP contribution in [-0.2, 0) is 4.79 Å². The predicted octanol–water partition coefficient (Wildman–Crippen LogP) is 5.68. The standard InChI is InChI=1S/C25H27N2O/c1-2-8-19-9-7-11-21(17-19)24(28)14-13-22-18-20-10-3-4-12-23(20)26-25(22)27-15-5-6-16-27/h3-4,9-14,17-18H,2,5-8,15-16H2,1H3. The second-order valence-corrected chi connectivity index (χ2v) is 7.55. The van der Waals surface area contributed by atoms with E-state index in [1.165, 1.54) is 18.4 Å². The van der Waals surface area contributed by atoms with E-state index < -0.39 is 0 Å². The average Bonchev–Trinajstić information content (AvgIpc) is 3.26. The number of para-hydroxylation sites is 1. The van der Waals surface area contributed by atoms with Gasteiger partial charge < -0.3 is 4.90 Å². The first-order chi connectivity index (χ1) is 13.7. The zero-order chi connectivity index (χ0) is 19.3. The molecule has 1 fully saturated rings. The van der Waals surface area contributed by atoms with Crippen LogP contribution in [0.25, 0.3) is 17.0 Å². The second kappa shape index (κ2) is 8.55. The highest BCUT2D eigenvalue weighted by molar-refractivity contribution is 6.09. The van der Waals surface area contributed by atoms with Gasteiger partial charge in [0.05, 0.1) is 5.52 Å². The molecule has 2 aliphatic rings. The molecule has 1 aromatic carbocycles. The fourth-order valence-electron chi connectivity index (χ4n) is 3.98. The molecule has 0 N–H and O–H groups in total. The molecule has 0 bridgehead atoms. The van der Waals surface area contributed by atoms with Gasteiger partial charge in [-0.25, -0.2) is 4.98 Å². The van der Waals surface area contributed by atoms with Gasteiger partial charge in [-0.3, -0.25) is 4.79 Å². The summed E-state index contributed by atoms with van der Waals surface area (Å²) in [5, 5.41) is 1.11. The van der Waals surface area contributed by atoms with E-state index in [2.05, 4.69) is 36.4 Å². The van der Waals surface area contributed by atoms with Crippen LogP contribution in [0.1, 0.15) is 44.6 Å². The third-order valence-corrected chi connectivity index (χ3v) is 5.43. The van der Waals surface area contributed by atoms with Crippen molar-refractivity contribution >= 4 is 28.6 Å². The molecule has 0 saturated carbocycles. The maximum Gasteiger partial charge on any atom is 0.185 e. The van der Waals surface area contributed by atoms with Crippen LogP contribution in [0.2, 0.25) is 0 Å². The highest BCUT2D eigenvalue weighted by Crippen LogP contribution is 2.28. The fourth-order valence-corrected chi connectivity index (χ4v) is 3.98. The molecule has 0 spiro atoms. The van der Waals surface area contributed by atoms with E-state index in [4.69, 9.17) is 4.98 Å². The Kier molecular flexibility index (Phi) is 5.70. The lowest BCUT2D eigenvalue weighted by molar-refractivity contribution is -0.111. The van der Waals surface area contributed by atoms with Crippen molar-refractivity contribution in [2.24, 2.45) is 0 Å².